The van der Waals surface area contributed by atoms with E-state index in [2.05, 4.69) is 22.7 Å². The second-order valence-electron chi connectivity index (χ2n) is 5.30. The molecule has 1 rings (SSSR count). The van der Waals surface area contributed by atoms with E-state index in [4.69, 9.17) is 10.6 Å². The quantitative estimate of drug-likeness (QED) is 0.212. The van der Waals surface area contributed by atoms with Crippen LogP contribution in [0.3, 0.4) is 0 Å². The Morgan fingerprint density at radius 2 is 2.11 bits per heavy atom. The minimum atomic E-state index is 0.370. The van der Waals surface area contributed by atoms with Gasteiger partial charge in [-0.3, -0.25) is 10.4 Å². The van der Waals surface area contributed by atoms with E-state index in [-0.39, 0.29) is 0 Å². The highest BCUT2D eigenvalue weighted by molar-refractivity contribution is 5.79. The molecule has 0 aromatic heterocycles. The van der Waals surface area contributed by atoms with Crippen molar-refractivity contribution in [3.63, 3.8) is 0 Å². The number of ether oxygens (including phenoxy) is 1. The van der Waals surface area contributed by atoms with Gasteiger partial charge < -0.3 is 10.1 Å². The number of nitrogens with zero attached hydrogens (tertiary/aromatic N) is 1. The van der Waals surface area contributed by atoms with E-state index in [1.165, 1.54) is 25.7 Å². The van der Waals surface area contributed by atoms with Gasteiger partial charge in [-0.2, -0.15) is 0 Å². The molecule has 0 aromatic rings. The molecule has 0 heterocycles. The molecular formula is C13H28N4O. The third-order valence-corrected chi connectivity index (χ3v) is 3.53. The van der Waals surface area contributed by atoms with Gasteiger partial charge in [0.05, 0.1) is 0 Å². The van der Waals surface area contributed by atoms with E-state index < -0.39 is 0 Å². The summed E-state index contributed by atoms with van der Waals surface area (Å²) in [7, 11) is 0. The summed E-state index contributed by atoms with van der Waals surface area (Å²) in [5, 5.41) is 3.20. The number of guanidine groups is 1. The van der Waals surface area contributed by atoms with Crippen LogP contribution in [-0.4, -0.2) is 32.3 Å². The zero-order chi connectivity index (χ0) is 13.3. The summed E-state index contributed by atoms with van der Waals surface area (Å²) < 4.78 is 5.27. The molecule has 0 bridgehead atoms. The second kappa shape index (κ2) is 8.32. The van der Waals surface area contributed by atoms with Gasteiger partial charge in [0.15, 0.2) is 0 Å². The molecule has 0 aromatic carbocycles. The monoisotopic (exact) mass is 256 g/mol. The number of aliphatic imine (C=N–C) groups is 1. The summed E-state index contributed by atoms with van der Waals surface area (Å²) in [5.41, 5.74) is 3.00. The first-order valence-electron chi connectivity index (χ1n) is 7.03. The predicted octanol–water partition coefficient (Wildman–Crippen LogP) is 1.40. The Balaban J connectivity index is 2.22. The van der Waals surface area contributed by atoms with Crippen molar-refractivity contribution >= 4 is 5.96 Å². The lowest BCUT2D eigenvalue weighted by molar-refractivity contribution is 0.145. The van der Waals surface area contributed by atoms with Crippen molar-refractivity contribution in [3.8, 4) is 0 Å². The number of rotatable bonds is 7. The molecule has 106 valence electrons. The smallest absolute Gasteiger partial charge is 0.205 e. The Labute approximate surface area is 111 Å². The molecule has 0 unspecified atom stereocenters. The molecule has 0 amide bonds. The normalized spacial score (nSPS) is 18.9. The number of hydrogen-bond donors (Lipinski definition) is 3. The summed E-state index contributed by atoms with van der Waals surface area (Å²) in [6.45, 7) is 7.55. The van der Waals surface area contributed by atoms with Crippen LogP contribution in [0.15, 0.2) is 4.99 Å². The SMILES string of the molecule is CCOCCCNC(=NCC1(C)CCCC1)NN. The van der Waals surface area contributed by atoms with Crippen LogP contribution in [0.4, 0.5) is 0 Å². The van der Waals surface area contributed by atoms with Gasteiger partial charge in [0, 0.05) is 26.3 Å². The molecule has 18 heavy (non-hydrogen) atoms. The first-order valence-corrected chi connectivity index (χ1v) is 7.03. The van der Waals surface area contributed by atoms with Crippen LogP contribution in [0.2, 0.25) is 0 Å². The lowest BCUT2D eigenvalue weighted by Crippen LogP contribution is -2.42. The molecule has 1 aliphatic carbocycles. The Morgan fingerprint density at radius 3 is 2.72 bits per heavy atom. The average molecular weight is 256 g/mol. The molecule has 1 aliphatic rings. The lowest BCUT2D eigenvalue weighted by Gasteiger charge is -2.21. The van der Waals surface area contributed by atoms with Gasteiger partial charge in [-0.15, -0.1) is 0 Å². The highest BCUT2D eigenvalue weighted by atomic mass is 16.5. The predicted molar refractivity (Wildman–Crippen MR) is 75.3 cm³/mol. The highest BCUT2D eigenvalue weighted by Crippen LogP contribution is 2.37. The van der Waals surface area contributed by atoms with Crippen molar-refractivity contribution in [2.24, 2.45) is 16.3 Å². The molecule has 0 spiro atoms. The summed E-state index contributed by atoms with van der Waals surface area (Å²) in [5.74, 6) is 6.16. The molecule has 0 aliphatic heterocycles. The molecule has 0 saturated heterocycles. The van der Waals surface area contributed by atoms with Crippen molar-refractivity contribution < 1.29 is 4.74 Å². The summed E-state index contributed by atoms with van der Waals surface area (Å²) in [6, 6.07) is 0. The fourth-order valence-electron chi connectivity index (χ4n) is 2.33. The Kier molecular flexibility index (Phi) is 7.05. The van der Waals surface area contributed by atoms with Gasteiger partial charge in [-0.05, 0) is 31.6 Å². The zero-order valence-corrected chi connectivity index (χ0v) is 11.8. The molecule has 5 nitrogen and oxygen atoms in total. The van der Waals surface area contributed by atoms with Crippen LogP contribution >= 0.6 is 0 Å². The van der Waals surface area contributed by atoms with E-state index in [0.29, 0.717) is 11.4 Å². The van der Waals surface area contributed by atoms with Gasteiger partial charge in [0.1, 0.15) is 0 Å². The molecular weight excluding hydrogens is 228 g/mol. The fraction of sp³-hybridized carbons (Fsp3) is 0.923. The van der Waals surface area contributed by atoms with Gasteiger partial charge in [0.2, 0.25) is 5.96 Å². The fourth-order valence-corrected chi connectivity index (χ4v) is 2.33. The lowest BCUT2D eigenvalue weighted by atomic mass is 9.89. The topological polar surface area (TPSA) is 71.7 Å². The van der Waals surface area contributed by atoms with Crippen LogP contribution < -0.4 is 16.6 Å². The van der Waals surface area contributed by atoms with E-state index in [1.807, 2.05) is 6.92 Å². The number of hydrazine groups is 1. The first kappa shape index (κ1) is 15.2. The molecule has 0 atom stereocenters. The maximum Gasteiger partial charge on any atom is 0.205 e. The summed E-state index contributed by atoms with van der Waals surface area (Å²) in [6.07, 6.45) is 6.18. The number of nitrogens with one attached hydrogen (secondary N) is 2. The van der Waals surface area contributed by atoms with Crippen LogP contribution in [0, 0.1) is 5.41 Å². The van der Waals surface area contributed by atoms with Gasteiger partial charge >= 0.3 is 0 Å². The molecule has 1 saturated carbocycles. The Morgan fingerprint density at radius 1 is 1.39 bits per heavy atom. The maximum absolute atomic E-state index is 5.47. The number of nitrogens with two attached hydrogens (primary N) is 1. The Hall–Kier alpha value is -0.810. The van der Waals surface area contributed by atoms with Crippen molar-refractivity contribution in [3.05, 3.63) is 0 Å². The van der Waals surface area contributed by atoms with E-state index in [9.17, 15) is 0 Å². The van der Waals surface area contributed by atoms with Gasteiger partial charge in [0.25, 0.3) is 0 Å². The Bertz CT molecular complexity index is 249. The minimum absolute atomic E-state index is 0.370. The van der Waals surface area contributed by atoms with Crippen LogP contribution in [0.5, 0.6) is 0 Å². The minimum Gasteiger partial charge on any atom is -0.382 e. The van der Waals surface area contributed by atoms with E-state index in [0.717, 1.165) is 32.7 Å². The van der Waals surface area contributed by atoms with E-state index >= 15 is 0 Å². The largest absolute Gasteiger partial charge is 0.382 e. The second-order valence-corrected chi connectivity index (χ2v) is 5.30. The highest BCUT2D eigenvalue weighted by Gasteiger charge is 2.28. The average Bonchev–Trinajstić information content (AvgIpc) is 2.80. The summed E-state index contributed by atoms with van der Waals surface area (Å²) >= 11 is 0. The van der Waals surface area contributed by atoms with Gasteiger partial charge in [-0.25, -0.2) is 5.84 Å². The summed E-state index contributed by atoms with van der Waals surface area (Å²) in [4.78, 5) is 4.54. The third kappa shape index (κ3) is 5.69. The third-order valence-electron chi connectivity index (χ3n) is 3.53. The molecule has 0 radical (unpaired) electrons. The standard InChI is InChI=1S/C13H28N4O/c1-3-18-10-6-9-15-12(17-14)16-11-13(2)7-4-5-8-13/h3-11,14H2,1-2H3,(H2,15,16,17). The maximum atomic E-state index is 5.47. The molecule has 4 N–H and O–H groups in total. The van der Waals surface area contributed by atoms with Crippen molar-refractivity contribution in [2.45, 2.75) is 46.0 Å². The van der Waals surface area contributed by atoms with Crippen molar-refractivity contribution in [2.75, 3.05) is 26.3 Å². The van der Waals surface area contributed by atoms with Crippen LogP contribution in [0.25, 0.3) is 0 Å². The van der Waals surface area contributed by atoms with E-state index in [1.54, 1.807) is 0 Å². The van der Waals surface area contributed by atoms with Crippen molar-refractivity contribution in [1.29, 1.82) is 0 Å². The van der Waals surface area contributed by atoms with Gasteiger partial charge in [-0.1, -0.05) is 19.8 Å². The van der Waals surface area contributed by atoms with Crippen LogP contribution in [-0.2, 0) is 4.74 Å². The zero-order valence-electron chi connectivity index (χ0n) is 11.8. The van der Waals surface area contributed by atoms with Crippen molar-refractivity contribution in [1.82, 2.24) is 10.7 Å². The molecule has 5 heteroatoms. The first-order chi connectivity index (χ1) is 8.70. The molecule has 1 fully saturated rings. The van der Waals surface area contributed by atoms with Crippen LogP contribution in [0.1, 0.15) is 46.0 Å². The number of hydrogen-bond acceptors (Lipinski definition) is 3.